The summed E-state index contributed by atoms with van der Waals surface area (Å²) in [7, 11) is 0. The van der Waals surface area contributed by atoms with E-state index in [9.17, 15) is 9.59 Å². The standard InChI is InChI=1S/C8H14N2O2/c1-6(2)5-10-4-3-7(11)9-8(10)12/h6H,3-5H2,1-2H3,(H,9,11,12). The number of carbonyl (C=O) groups excluding carboxylic acids is 2. The number of rotatable bonds is 2. The van der Waals surface area contributed by atoms with Gasteiger partial charge in [0.05, 0.1) is 0 Å². The van der Waals surface area contributed by atoms with Gasteiger partial charge >= 0.3 is 6.03 Å². The fourth-order valence-corrected chi connectivity index (χ4v) is 1.21. The van der Waals surface area contributed by atoms with Crippen molar-refractivity contribution in [3.8, 4) is 0 Å². The van der Waals surface area contributed by atoms with E-state index in [1.54, 1.807) is 4.90 Å². The highest BCUT2D eigenvalue weighted by atomic mass is 16.2. The zero-order valence-corrected chi connectivity index (χ0v) is 7.46. The first-order valence-corrected chi connectivity index (χ1v) is 4.18. The Morgan fingerprint density at radius 2 is 2.17 bits per heavy atom. The summed E-state index contributed by atoms with van der Waals surface area (Å²) in [6.45, 7) is 5.37. The molecule has 0 unspecified atom stereocenters. The highest BCUT2D eigenvalue weighted by molar-refractivity contribution is 5.96. The Balaban J connectivity index is 2.45. The lowest BCUT2D eigenvalue weighted by molar-refractivity contribution is -0.121. The predicted molar refractivity (Wildman–Crippen MR) is 44.6 cm³/mol. The third-order valence-electron chi connectivity index (χ3n) is 1.73. The third kappa shape index (κ3) is 2.22. The van der Waals surface area contributed by atoms with E-state index in [-0.39, 0.29) is 11.9 Å². The van der Waals surface area contributed by atoms with Crippen LogP contribution in [0.25, 0.3) is 0 Å². The molecule has 3 amide bonds. The van der Waals surface area contributed by atoms with Crippen LogP contribution in [0.5, 0.6) is 0 Å². The number of nitrogens with zero attached hydrogens (tertiary/aromatic N) is 1. The highest BCUT2D eigenvalue weighted by Crippen LogP contribution is 2.04. The highest BCUT2D eigenvalue weighted by Gasteiger charge is 2.22. The molecule has 1 aliphatic heterocycles. The van der Waals surface area contributed by atoms with Crippen LogP contribution in [-0.4, -0.2) is 29.9 Å². The van der Waals surface area contributed by atoms with Crippen LogP contribution in [0.3, 0.4) is 0 Å². The first kappa shape index (κ1) is 9.03. The summed E-state index contributed by atoms with van der Waals surface area (Å²) in [4.78, 5) is 23.6. The van der Waals surface area contributed by atoms with E-state index >= 15 is 0 Å². The van der Waals surface area contributed by atoms with Gasteiger partial charge in [0.1, 0.15) is 0 Å². The van der Waals surface area contributed by atoms with Gasteiger partial charge in [-0.15, -0.1) is 0 Å². The second-order valence-corrected chi connectivity index (χ2v) is 3.44. The van der Waals surface area contributed by atoms with E-state index in [0.717, 1.165) is 6.54 Å². The van der Waals surface area contributed by atoms with Crippen LogP contribution >= 0.6 is 0 Å². The van der Waals surface area contributed by atoms with E-state index in [4.69, 9.17) is 0 Å². The van der Waals surface area contributed by atoms with Gasteiger partial charge in [-0.1, -0.05) is 13.8 Å². The summed E-state index contributed by atoms with van der Waals surface area (Å²) in [5.41, 5.74) is 0. The molecule has 1 N–H and O–H groups in total. The van der Waals surface area contributed by atoms with Crippen molar-refractivity contribution in [1.82, 2.24) is 10.2 Å². The van der Waals surface area contributed by atoms with Gasteiger partial charge in [-0.25, -0.2) is 4.79 Å². The molecule has 0 bridgehead atoms. The second-order valence-electron chi connectivity index (χ2n) is 3.44. The Morgan fingerprint density at radius 1 is 1.50 bits per heavy atom. The molecule has 0 saturated carbocycles. The van der Waals surface area contributed by atoms with Gasteiger partial charge in [0, 0.05) is 19.5 Å². The van der Waals surface area contributed by atoms with Crippen LogP contribution in [0.15, 0.2) is 0 Å². The maximum Gasteiger partial charge on any atom is 0.324 e. The molecule has 0 aliphatic carbocycles. The summed E-state index contributed by atoms with van der Waals surface area (Å²) < 4.78 is 0. The molecular formula is C8H14N2O2. The normalized spacial score (nSPS) is 18.4. The fourth-order valence-electron chi connectivity index (χ4n) is 1.21. The van der Waals surface area contributed by atoms with Crippen molar-refractivity contribution in [2.24, 2.45) is 5.92 Å². The van der Waals surface area contributed by atoms with Crippen molar-refractivity contribution < 1.29 is 9.59 Å². The number of hydrogen-bond acceptors (Lipinski definition) is 2. The van der Waals surface area contributed by atoms with Gasteiger partial charge in [0.2, 0.25) is 5.91 Å². The fraction of sp³-hybridized carbons (Fsp3) is 0.750. The molecule has 1 saturated heterocycles. The molecule has 1 heterocycles. The van der Waals surface area contributed by atoms with Gasteiger partial charge in [-0.05, 0) is 5.92 Å². The lowest BCUT2D eigenvalue weighted by Gasteiger charge is -2.27. The van der Waals surface area contributed by atoms with Gasteiger partial charge in [0.25, 0.3) is 0 Å². The van der Waals surface area contributed by atoms with Crippen molar-refractivity contribution in [3.05, 3.63) is 0 Å². The van der Waals surface area contributed by atoms with Crippen LogP contribution in [0.2, 0.25) is 0 Å². The monoisotopic (exact) mass is 170 g/mol. The van der Waals surface area contributed by atoms with Crippen LogP contribution in [-0.2, 0) is 4.79 Å². The van der Waals surface area contributed by atoms with E-state index in [1.807, 2.05) is 13.8 Å². The van der Waals surface area contributed by atoms with E-state index < -0.39 is 0 Å². The topological polar surface area (TPSA) is 49.4 Å². The van der Waals surface area contributed by atoms with E-state index in [1.165, 1.54) is 0 Å². The molecule has 4 nitrogen and oxygen atoms in total. The average molecular weight is 170 g/mol. The maximum absolute atomic E-state index is 11.1. The number of nitrogens with one attached hydrogen (secondary N) is 1. The van der Waals surface area contributed by atoms with Crippen molar-refractivity contribution >= 4 is 11.9 Å². The number of imide groups is 1. The molecule has 0 atom stereocenters. The molecule has 1 aliphatic rings. The Morgan fingerprint density at radius 3 is 2.67 bits per heavy atom. The molecule has 0 aromatic rings. The van der Waals surface area contributed by atoms with Gasteiger partial charge in [0.15, 0.2) is 0 Å². The number of carbonyl (C=O) groups is 2. The minimum Gasteiger partial charge on any atom is -0.324 e. The minimum absolute atomic E-state index is 0.167. The predicted octanol–water partition coefficient (Wildman–Crippen LogP) is 0.584. The van der Waals surface area contributed by atoms with Crippen LogP contribution in [0, 0.1) is 5.92 Å². The first-order valence-electron chi connectivity index (χ1n) is 4.18. The van der Waals surface area contributed by atoms with Crippen LogP contribution in [0.1, 0.15) is 20.3 Å². The van der Waals surface area contributed by atoms with Crippen molar-refractivity contribution in [3.63, 3.8) is 0 Å². The Bertz CT molecular complexity index is 201. The Kier molecular flexibility index (Phi) is 2.68. The largest absolute Gasteiger partial charge is 0.324 e. The molecule has 12 heavy (non-hydrogen) atoms. The van der Waals surface area contributed by atoms with Crippen LogP contribution < -0.4 is 5.32 Å². The van der Waals surface area contributed by atoms with Crippen molar-refractivity contribution in [2.45, 2.75) is 20.3 Å². The van der Waals surface area contributed by atoms with Gasteiger partial charge < -0.3 is 4.90 Å². The maximum atomic E-state index is 11.1. The summed E-state index contributed by atoms with van der Waals surface area (Å²) in [5, 5.41) is 2.28. The zero-order chi connectivity index (χ0) is 9.14. The SMILES string of the molecule is CC(C)CN1CCC(=O)NC1=O. The molecular weight excluding hydrogens is 156 g/mol. The van der Waals surface area contributed by atoms with E-state index in [2.05, 4.69) is 5.32 Å². The average Bonchev–Trinajstić information content (AvgIpc) is 1.94. The number of amides is 3. The van der Waals surface area contributed by atoms with E-state index in [0.29, 0.717) is 18.9 Å². The zero-order valence-electron chi connectivity index (χ0n) is 7.46. The Labute approximate surface area is 71.9 Å². The van der Waals surface area contributed by atoms with Crippen molar-refractivity contribution in [2.75, 3.05) is 13.1 Å². The molecule has 0 spiro atoms. The number of hydrogen-bond donors (Lipinski definition) is 1. The molecule has 0 aromatic carbocycles. The quantitative estimate of drug-likeness (QED) is 0.659. The van der Waals surface area contributed by atoms with Gasteiger partial charge in [-0.3, -0.25) is 10.1 Å². The van der Waals surface area contributed by atoms with Gasteiger partial charge in [-0.2, -0.15) is 0 Å². The Hall–Kier alpha value is -1.06. The summed E-state index contributed by atoms with van der Waals surface area (Å²) in [5.74, 6) is 0.281. The summed E-state index contributed by atoms with van der Waals surface area (Å²) in [6.07, 6.45) is 0.429. The lowest BCUT2D eigenvalue weighted by Crippen LogP contribution is -2.50. The molecule has 1 rings (SSSR count). The molecule has 0 aromatic heterocycles. The summed E-state index contributed by atoms with van der Waals surface area (Å²) in [6, 6.07) is -0.250. The summed E-state index contributed by atoms with van der Waals surface area (Å²) >= 11 is 0. The smallest absolute Gasteiger partial charge is 0.324 e. The molecule has 4 heteroatoms. The minimum atomic E-state index is -0.250. The number of urea groups is 1. The molecule has 0 radical (unpaired) electrons. The lowest BCUT2D eigenvalue weighted by atomic mass is 10.2. The van der Waals surface area contributed by atoms with Crippen molar-refractivity contribution in [1.29, 1.82) is 0 Å². The third-order valence-corrected chi connectivity index (χ3v) is 1.73. The first-order chi connectivity index (χ1) is 5.59. The second kappa shape index (κ2) is 3.56. The molecule has 1 fully saturated rings. The molecule has 68 valence electrons. The van der Waals surface area contributed by atoms with Crippen LogP contribution in [0.4, 0.5) is 4.79 Å².